The number of ether oxygens (including phenoxy) is 2. The summed E-state index contributed by atoms with van der Waals surface area (Å²) in [7, 11) is 0. The van der Waals surface area contributed by atoms with Crippen molar-refractivity contribution in [1.29, 1.82) is 0 Å². The number of hydrogen-bond donors (Lipinski definition) is 1. The summed E-state index contributed by atoms with van der Waals surface area (Å²) in [5.74, 6) is -0.324. The van der Waals surface area contributed by atoms with E-state index in [-0.39, 0.29) is 11.9 Å². The molecule has 2 aromatic rings. The summed E-state index contributed by atoms with van der Waals surface area (Å²) in [6.45, 7) is 3.89. The third kappa shape index (κ3) is 6.11. The van der Waals surface area contributed by atoms with Gasteiger partial charge in [-0.3, -0.25) is 9.69 Å². The van der Waals surface area contributed by atoms with Crippen LogP contribution in [0.5, 0.6) is 0 Å². The normalized spacial score (nSPS) is 16.2. The zero-order valence-corrected chi connectivity index (χ0v) is 20.3. The van der Waals surface area contributed by atoms with Crippen LogP contribution in [0.15, 0.2) is 54.6 Å². The molecule has 2 aliphatic rings. The van der Waals surface area contributed by atoms with Gasteiger partial charge < -0.3 is 14.4 Å². The Balaban J connectivity index is 1.60. The second-order valence-corrected chi connectivity index (χ2v) is 8.22. The quantitative estimate of drug-likeness (QED) is 0.426. The molecule has 3 amide bonds. The molecule has 0 bridgehead atoms. The Bertz CT molecular complexity index is 1010. The Morgan fingerprint density at radius 2 is 1.85 bits per heavy atom. The summed E-state index contributed by atoms with van der Waals surface area (Å²) in [4.78, 5) is 29.1. The average molecular weight is 563 g/mol. The van der Waals surface area contributed by atoms with Gasteiger partial charge >= 0.3 is 6.03 Å². The van der Waals surface area contributed by atoms with Gasteiger partial charge in [0, 0.05) is 24.3 Å². The Labute approximate surface area is 207 Å². The maximum atomic E-state index is 13.5. The number of amides is 3. The molecule has 8 nitrogen and oxygen atoms in total. The molecular weight excluding hydrogens is 537 g/mol. The highest BCUT2D eigenvalue weighted by Crippen LogP contribution is 2.27. The van der Waals surface area contributed by atoms with E-state index in [4.69, 9.17) is 9.47 Å². The van der Waals surface area contributed by atoms with Crippen molar-refractivity contribution in [3.63, 3.8) is 0 Å². The lowest BCUT2D eigenvalue weighted by molar-refractivity contribution is 0.0548. The summed E-state index contributed by atoms with van der Waals surface area (Å²) >= 11 is 1.60. The highest BCUT2D eigenvalue weighted by Gasteiger charge is 2.25. The highest BCUT2D eigenvalue weighted by molar-refractivity contribution is 14.1. The van der Waals surface area contributed by atoms with Gasteiger partial charge in [0.2, 0.25) is 0 Å². The van der Waals surface area contributed by atoms with Crippen molar-refractivity contribution in [3.05, 3.63) is 71.3 Å². The van der Waals surface area contributed by atoms with Crippen molar-refractivity contribution in [2.45, 2.75) is 13.0 Å². The number of nitrogens with zero attached hydrogens (tertiary/aromatic N) is 2. The van der Waals surface area contributed by atoms with Gasteiger partial charge in [0.15, 0.2) is 0 Å². The molecule has 0 radical (unpaired) electrons. The summed E-state index contributed by atoms with van der Waals surface area (Å²) < 4.78 is 15.5. The van der Waals surface area contributed by atoms with E-state index in [1.165, 1.54) is 5.57 Å². The largest absolute Gasteiger partial charge is 0.378 e. The molecule has 174 valence electrons. The molecule has 9 heteroatoms. The SMILES string of the molecule is O=C(NOI)c1ccc(CN(C(=O)N2CCOCC2)c2cccc(C3=CCOCC3)c2)cc1. The number of rotatable bonds is 6. The monoisotopic (exact) mass is 563 g/mol. The average Bonchev–Trinajstić information content (AvgIpc) is 2.88. The van der Waals surface area contributed by atoms with Crippen LogP contribution in [0.1, 0.15) is 27.9 Å². The van der Waals surface area contributed by atoms with Crippen molar-refractivity contribution < 1.29 is 22.2 Å². The molecule has 2 heterocycles. The predicted octanol–water partition coefficient (Wildman–Crippen LogP) is 3.96. The fourth-order valence-electron chi connectivity index (χ4n) is 3.90. The van der Waals surface area contributed by atoms with E-state index in [1.807, 2.05) is 29.2 Å². The van der Waals surface area contributed by atoms with Crippen molar-refractivity contribution in [2.75, 3.05) is 44.4 Å². The number of hydroxylamine groups is 1. The molecular formula is C24H26IN3O5. The van der Waals surface area contributed by atoms with Gasteiger partial charge in [-0.1, -0.05) is 30.3 Å². The van der Waals surface area contributed by atoms with Gasteiger partial charge in [-0.05, 0) is 47.4 Å². The van der Waals surface area contributed by atoms with Crippen molar-refractivity contribution in [1.82, 2.24) is 10.4 Å². The van der Waals surface area contributed by atoms with Gasteiger partial charge in [0.1, 0.15) is 23.0 Å². The number of morpholine rings is 1. The Morgan fingerprint density at radius 1 is 1.06 bits per heavy atom. The van der Waals surface area contributed by atoms with Crippen LogP contribution in [0.2, 0.25) is 0 Å². The molecule has 0 spiro atoms. The number of carbonyl (C=O) groups excluding carboxylic acids is 2. The zero-order chi connectivity index (χ0) is 23.0. The first-order valence-electron chi connectivity index (χ1n) is 10.8. The van der Waals surface area contributed by atoms with Crippen LogP contribution < -0.4 is 10.4 Å². The minimum atomic E-state index is -0.324. The van der Waals surface area contributed by atoms with E-state index in [0.717, 1.165) is 23.2 Å². The van der Waals surface area contributed by atoms with Gasteiger partial charge in [0.05, 0.1) is 33.0 Å². The first-order chi connectivity index (χ1) is 16.2. The number of hydrogen-bond acceptors (Lipinski definition) is 5. The van der Waals surface area contributed by atoms with Crippen molar-refractivity contribution >= 4 is 46.2 Å². The molecule has 1 fully saturated rings. The standard InChI is InChI=1S/C24H26IN3O5/c25-33-26-23(29)20-6-4-18(5-7-20)17-28(24(30)27-10-14-32-15-11-27)22-3-1-2-21(16-22)19-8-12-31-13-9-19/h1-8,16H,9-15,17H2,(H,26,29). The highest BCUT2D eigenvalue weighted by atomic mass is 127. The minimum absolute atomic E-state index is 0.0588. The number of nitrogens with one attached hydrogen (secondary N) is 1. The number of benzene rings is 2. The van der Waals surface area contributed by atoms with E-state index in [9.17, 15) is 9.59 Å². The molecule has 0 saturated carbocycles. The van der Waals surface area contributed by atoms with Crippen LogP contribution in [0.25, 0.3) is 5.57 Å². The molecule has 2 aliphatic heterocycles. The Kier molecular flexibility index (Phi) is 8.32. The molecule has 0 atom stereocenters. The van der Waals surface area contributed by atoms with Crippen molar-refractivity contribution in [3.8, 4) is 0 Å². The lowest BCUT2D eigenvalue weighted by Gasteiger charge is -2.33. The summed E-state index contributed by atoms with van der Waals surface area (Å²) in [5.41, 5.74) is 6.85. The van der Waals surface area contributed by atoms with Crippen LogP contribution in [-0.4, -0.2) is 56.4 Å². The third-order valence-electron chi connectivity index (χ3n) is 5.69. The molecule has 33 heavy (non-hydrogen) atoms. The van der Waals surface area contributed by atoms with E-state index in [0.29, 0.717) is 51.6 Å². The molecule has 0 aliphatic carbocycles. The maximum Gasteiger partial charge on any atom is 0.324 e. The molecule has 1 N–H and O–H groups in total. The molecule has 1 saturated heterocycles. The van der Waals surface area contributed by atoms with E-state index < -0.39 is 0 Å². The van der Waals surface area contributed by atoms with Crippen LogP contribution in [0.3, 0.4) is 0 Å². The summed E-state index contributed by atoms with van der Waals surface area (Å²) in [5, 5.41) is 0. The third-order valence-corrected chi connectivity index (χ3v) is 5.91. The smallest absolute Gasteiger partial charge is 0.324 e. The zero-order valence-electron chi connectivity index (χ0n) is 18.2. The van der Waals surface area contributed by atoms with Crippen LogP contribution in [0, 0.1) is 0 Å². The second kappa shape index (κ2) is 11.6. The lowest BCUT2D eigenvalue weighted by Crippen LogP contribution is -2.48. The van der Waals surface area contributed by atoms with E-state index in [1.54, 1.807) is 40.0 Å². The first kappa shape index (κ1) is 23.7. The summed E-state index contributed by atoms with van der Waals surface area (Å²) in [6.07, 6.45) is 2.95. The fourth-order valence-corrected chi connectivity index (χ4v) is 4.10. The van der Waals surface area contributed by atoms with E-state index in [2.05, 4.69) is 26.9 Å². The van der Waals surface area contributed by atoms with Crippen LogP contribution >= 0.6 is 23.0 Å². The second-order valence-electron chi connectivity index (χ2n) is 7.78. The van der Waals surface area contributed by atoms with Crippen molar-refractivity contribution in [2.24, 2.45) is 0 Å². The molecule has 0 aromatic heterocycles. The molecule has 2 aromatic carbocycles. The molecule has 4 rings (SSSR count). The number of anilines is 1. The molecule has 0 unspecified atom stereocenters. The number of urea groups is 1. The first-order valence-corrected chi connectivity index (χ1v) is 11.7. The Hall–Kier alpha value is -2.47. The van der Waals surface area contributed by atoms with Gasteiger partial charge in [-0.2, -0.15) is 0 Å². The fraction of sp³-hybridized carbons (Fsp3) is 0.333. The predicted molar refractivity (Wildman–Crippen MR) is 133 cm³/mol. The summed E-state index contributed by atoms with van der Waals surface area (Å²) in [6, 6.07) is 15.2. The van der Waals surface area contributed by atoms with Gasteiger partial charge in [-0.25, -0.2) is 13.4 Å². The Morgan fingerprint density at radius 3 is 2.55 bits per heavy atom. The lowest BCUT2D eigenvalue weighted by atomic mass is 10.0. The van der Waals surface area contributed by atoms with E-state index >= 15 is 0 Å². The van der Waals surface area contributed by atoms with Gasteiger partial charge in [0.25, 0.3) is 5.91 Å². The number of halogens is 1. The van der Waals surface area contributed by atoms with Crippen LogP contribution in [0.4, 0.5) is 10.5 Å². The maximum absolute atomic E-state index is 13.5. The van der Waals surface area contributed by atoms with Crippen LogP contribution in [-0.2, 0) is 19.2 Å². The topological polar surface area (TPSA) is 80.3 Å². The minimum Gasteiger partial charge on any atom is -0.378 e. The van der Waals surface area contributed by atoms with Gasteiger partial charge in [-0.15, -0.1) is 0 Å². The number of carbonyl (C=O) groups is 2.